The molecule has 132 valence electrons. The molecule has 0 saturated carbocycles. The van der Waals surface area contributed by atoms with Crippen molar-refractivity contribution in [3.05, 3.63) is 47.7 Å². The van der Waals surface area contributed by atoms with Gasteiger partial charge in [-0.15, -0.1) is 10.2 Å². The van der Waals surface area contributed by atoms with E-state index in [4.69, 9.17) is 4.74 Å². The Bertz CT molecular complexity index is 692. The van der Waals surface area contributed by atoms with Gasteiger partial charge in [0.15, 0.2) is 5.69 Å². The molecule has 1 aliphatic rings. The van der Waals surface area contributed by atoms with Crippen LogP contribution >= 0.6 is 0 Å². The first-order valence-electron chi connectivity index (χ1n) is 8.72. The molecule has 6 heteroatoms. The molecule has 0 spiro atoms. The van der Waals surface area contributed by atoms with Crippen LogP contribution in [0.5, 0.6) is 0 Å². The summed E-state index contributed by atoms with van der Waals surface area (Å²) in [6.07, 6.45) is 2.41. The van der Waals surface area contributed by atoms with Crippen LogP contribution in [0, 0.1) is 0 Å². The highest BCUT2D eigenvalue weighted by molar-refractivity contribution is 6.02. The van der Waals surface area contributed by atoms with Gasteiger partial charge in [-0.3, -0.25) is 4.79 Å². The largest absolute Gasteiger partial charge is 0.376 e. The van der Waals surface area contributed by atoms with Gasteiger partial charge >= 0.3 is 0 Å². The number of carbonyl (C=O) groups is 1. The van der Waals surface area contributed by atoms with Crippen molar-refractivity contribution in [2.75, 3.05) is 23.8 Å². The van der Waals surface area contributed by atoms with Crippen LogP contribution in [0.2, 0.25) is 0 Å². The number of ether oxygens (including phenoxy) is 1. The van der Waals surface area contributed by atoms with E-state index in [9.17, 15) is 4.79 Å². The highest BCUT2D eigenvalue weighted by Gasteiger charge is 2.15. The fourth-order valence-electron chi connectivity index (χ4n) is 2.72. The molecule has 3 rings (SSSR count). The molecule has 1 amide bonds. The first-order chi connectivity index (χ1) is 12.1. The summed E-state index contributed by atoms with van der Waals surface area (Å²) in [5.41, 5.74) is 2.27. The first-order valence-corrected chi connectivity index (χ1v) is 8.72. The van der Waals surface area contributed by atoms with Gasteiger partial charge in [0.05, 0.1) is 6.10 Å². The van der Waals surface area contributed by atoms with Gasteiger partial charge < -0.3 is 15.4 Å². The highest BCUT2D eigenvalue weighted by Crippen LogP contribution is 2.17. The number of benzene rings is 1. The van der Waals surface area contributed by atoms with Crippen molar-refractivity contribution < 1.29 is 9.53 Å². The molecule has 0 aliphatic carbocycles. The van der Waals surface area contributed by atoms with Crippen LogP contribution in [0.25, 0.3) is 0 Å². The fraction of sp³-hybridized carbons (Fsp3) is 0.421. The molecule has 1 saturated heterocycles. The molecule has 1 atom stereocenters. The Balaban J connectivity index is 1.54. The Morgan fingerprint density at radius 2 is 2.00 bits per heavy atom. The van der Waals surface area contributed by atoms with E-state index in [0.717, 1.165) is 25.1 Å². The van der Waals surface area contributed by atoms with Crippen LogP contribution in [0.1, 0.15) is 48.7 Å². The maximum atomic E-state index is 12.3. The average molecular weight is 340 g/mol. The van der Waals surface area contributed by atoms with Crippen molar-refractivity contribution in [1.82, 2.24) is 10.2 Å². The lowest BCUT2D eigenvalue weighted by Crippen LogP contribution is -2.20. The van der Waals surface area contributed by atoms with Crippen LogP contribution in [0.15, 0.2) is 36.4 Å². The van der Waals surface area contributed by atoms with E-state index in [1.165, 1.54) is 5.56 Å². The molecule has 1 aliphatic heterocycles. The number of rotatable bonds is 6. The van der Waals surface area contributed by atoms with E-state index in [0.29, 0.717) is 18.3 Å². The third-order valence-corrected chi connectivity index (χ3v) is 4.27. The minimum atomic E-state index is -0.268. The monoisotopic (exact) mass is 340 g/mol. The number of hydrogen-bond donors (Lipinski definition) is 2. The van der Waals surface area contributed by atoms with E-state index in [-0.39, 0.29) is 17.7 Å². The minimum absolute atomic E-state index is 0.235. The average Bonchev–Trinajstić information content (AvgIpc) is 3.14. The highest BCUT2D eigenvalue weighted by atomic mass is 16.5. The molecule has 2 heterocycles. The molecular weight excluding hydrogens is 316 g/mol. The number of carbonyl (C=O) groups excluding carboxylic acids is 1. The smallest absolute Gasteiger partial charge is 0.276 e. The van der Waals surface area contributed by atoms with E-state index >= 15 is 0 Å². The Hall–Kier alpha value is -2.47. The predicted octanol–water partition coefficient (Wildman–Crippen LogP) is 3.44. The number of nitrogens with zero attached hydrogens (tertiary/aromatic N) is 2. The molecule has 0 bridgehead atoms. The molecule has 1 unspecified atom stereocenters. The molecule has 1 fully saturated rings. The first kappa shape index (κ1) is 17.4. The molecule has 25 heavy (non-hydrogen) atoms. The predicted molar refractivity (Wildman–Crippen MR) is 98.0 cm³/mol. The van der Waals surface area contributed by atoms with Gasteiger partial charge in [0, 0.05) is 18.8 Å². The summed E-state index contributed by atoms with van der Waals surface area (Å²) in [5.74, 6) is 0.842. The lowest BCUT2D eigenvalue weighted by atomic mass is 10.0. The maximum absolute atomic E-state index is 12.3. The number of nitrogens with one attached hydrogen (secondary N) is 2. The zero-order valence-corrected chi connectivity index (χ0v) is 14.7. The van der Waals surface area contributed by atoms with Gasteiger partial charge in [-0.05, 0) is 48.6 Å². The van der Waals surface area contributed by atoms with Crippen molar-refractivity contribution in [3.8, 4) is 0 Å². The molecule has 2 N–H and O–H groups in total. The van der Waals surface area contributed by atoms with Crippen LogP contribution in [0.3, 0.4) is 0 Å². The topological polar surface area (TPSA) is 76.1 Å². The second-order valence-electron chi connectivity index (χ2n) is 6.55. The maximum Gasteiger partial charge on any atom is 0.276 e. The zero-order valence-electron chi connectivity index (χ0n) is 14.7. The lowest BCUT2D eigenvalue weighted by Gasteiger charge is -2.11. The third kappa shape index (κ3) is 4.76. The molecule has 2 aromatic rings. The summed E-state index contributed by atoms with van der Waals surface area (Å²) >= 11 is 0. The van der Waals surface area contributed by atoms with E-state index in [1.807, 2.05) is 24.3 Å². The normalized spacial score (nSPS) is 16.8. The summed E-state index contributed by atoms with van der Waals surface area (Å²) in [4.78, 5) is 12.3. The standard InChI is InChI=1S/C19H24N4O2/c1-13(2)14-5-7-15(8-6-14)21-19(24)17-9-10-18(23-22-17)20-12-16-4-3-11-25-16/h5-10,13,16H,3-4,11-12H2,1-2H3,(H,20,23)(H,21,24). The number of hydrogen-bond acceptors (Lipinski definition) is 5. The van der Waals surface area contributed by atoms with E-state index < -0.39 is 0 Å². The number of amides is 1. The Kier molecular flexibility index (Phi) is 5.60. The second kappa shape index (κ2) is 8.07. The van der Waals surface area contributed by atoms with Crippen molar-refractivity contribution in [3.63, 3.8) is 0 Å². The van der Waals surface area contributed by atoms with Gasteiger partial charge in [0.25, 0.3) is 5.91 Å². The van der Waals surface area contributed by atoms with Crippen molar-refractivity contribution >= 4 is 17.4 Å². The second-order valence-corrected chi connectivity index (χ2v) is 6.55. The van der Waals surface area contributed by atoms with Crippen molar-refractivity contribution in [2.24, 2.45) is 0 Å². The molecule has 1 aromatic carbocycles. The summed E-state index contributed by atoms with van der Waals surface area (Å²) < 4.78 is 5.55. The summed E-state index contributed by atoms with van der Waals surface area (Å²) in [6, 6.07) is 11.3. The summed E-state index contributed by atoms with van der Waals surface area (Å²) in [5, 5.41) is 14.1. The van der Waals surface area contributed by atoms with Crippen LogP contribution in [0.4, 0.5) is 11.5 Å². The summed E-state index contributed by atoms with van der Waals surface area (Å²) in [6.45, 7) is 5.81. The third-order valence-electron chi connectivity index (χ3n) is 4.27. The van der Waals surface area contributed by atoms with Crippen LogP contribution < -0.4 is 10.6 Å². The van der Waals surface area contributed by atoms with Crippen LogP contribution in [-0.4, -0.2) is 35.4 Å². The van der Waals surface area contributed by atoms with Crippen molar-refractivity contribution in [2.45, 2.75) is 38.7 Å². The number of anilines is 2. The minimum Gasteiger partial charge on any atom is -0.376 e. The van der Waals surface area contributed by atoms with Gasteiger partial charge in [-0.2, -0.15) is 0 Å². The summed E-state index contributed by atoms with van der Waals surface area (Å²) in [7, 11) is 0. The van der Waals surface area contributed by atoms with Gasteiger partial charge in [-0.25, -0.2) is 0 Å². The van der Waals surface area contributed by atoms with Gasteiger partial charge in [0.2, 0.25) is 0 Å². The van der Waals surface area contributed by atoms with E-state index in [2.05, 4.69) is 34.7 Å². The lowest BCUT2D eigenvalue weighted by molar-refractivity contribution is 0.102. The van der Waals surface area contributed by atoms with Gasteiger partial charge in [0.1, 0.15) is 5.82 Å². The molecule has 6 nitrogen and oxygen atoms in total. The Morgan fingerprint density at radius 1 is 1.20 bits per heavy atom. The zero-order chi connectivity index (χ0) is 17.6. The fourth-order valence-corrected chi connectivity index (χ4v) is 2.72. The quantitative estimate of drug-likeness (QED) is 0.842. The van der Waals surface area contributed by atoms with Crippen LogP contribution in [-0.2, 0) is 4.74 Å². The molecule has 0 radical (unpaired) electrons. The molecule has 1 aromatic heterocycles. The number of aromatic nitrogens is 2. The SMILES string of the molecule is CC(C)c1ccc(NC(=O)c2ccc(NCC3CCCO3)nn2)cc1. The Labute approximate surface area is 148 Å². The van der Waals surface area contributed by atoms with Crippen molar-refractivity contribution in [1.29, 1.82) is 0 Å². The van der Waals surface area contributed by atoms with E-state index in [1.54, 1.807) is 12.1 Å². The molecular formula is C19H24N4O2. The van der Waals surface area contributed by atoms with Gasteiger partial charge in [-0.1, -0.05) is 26.0 Å². The Morgan fingerprint density at radius 3 is 2.60 bits per heavy atom.